The SMILES string of the molecule is COC(=O)N[C@@H](C(=O)O)c1ccccc1C. The Kier molecular flexibility index (Phi) is 3.88. The van der Waals surface area contributed by atoms with Crippen LogP contribution in [-0.4, -0.2) is 24.3 Å². The number of carboxylic acid groups (broad SMARTS) is 1. The maximum Gasteiger partial charge on any atom is 0.407 e. The lowest BCUT2D eigenvalue weighted by Crippen LogP contribution is -2.34. The third-order valence-corrected chi connectivity index (χ3v) is 2.19. The van der Waals surface area contributed by atoms with Crippen LogP contribution in [0.1, 0.15) is 17.2 Å². The molecule has 0 fully saturated rings. The Morgan fingerprint density at radius 1 is 1.38 bits per heavy atom. The Morgan fingerprint density at radius 3 is 2.50 bits per heavy atom. The molecule has 2 N–H and O–H groups in total. The van der Waals surface area contributed by atoms with Crippen LogP contribution in [-0.2, 0) is 9.53 Å². The van der Waals surface area contributed by atoms with E-state index in [9.17, 15) is 9.59 Å². The third kappa shape index (κ3) is 2.73. The first kappa shape index (κ1) is 12.0. The van der Waals surface area contributed by atoms with Crippen molar-refractivity contribution in [2.75, 3.05) is 7.11 Å². The molecule has 1 amide bonds. The van der Waals surface area contributed by atoms with Crippen LogP contribution in [0.5, 0.6) is 0 Å². The Bertz CT molecular complexity index is 403. The van der Waals surface area contributed by atoms with E-state index in [1.54, 1.807) is 31.2 Å². The van der Waals surface area contributed by atoms with E-state index in [-0.39, 0.29) is 0 Å². The molecule has 86 valence electrons. The fourth-order valence-electron chi connectivity index (χ4n) is 1.36. The van der Waals surface area contributed by atoms with Crippen molar-refractivity contribution in [3.8, 4) is 0 Å². The molecule has 0 aliphatic carbocycles. The van der Waals surface area contributed by atoms with E-state index in [1.807, 2.05) is 0 Å². The molecule has 1 aromatic carbocycles. The van der Waals surface area contributed by atoms with Crippen molar-refractivity contribution in [3.63, 3.8) is 0 Å². The van der Waals surface area contributed by atoms with Gasteiger partial charge in [-0.1, -0.05) is 24.3 Å². The molecule has 0 spiro atoms. The summed E-state index contributed by atoms with van der Waals surface area (Å²) < 4.78 is 4.38. The predicted molar refractivity (Wildman–Crippen MR) is 57.1 cm³/mol. The number of carbonyl (C=O) groups excluding carboxylic acids is 1. The van der Waals surface area contributed by atoms with Crippen LogP contribution in [0.25, 0.3) is 0 Å². The van der Waals surface area contributed by atoms with E-state index >= 15 is 0 Å². The fraction of sp³-hybridized carbons (Fsp3) is 0.273. The summed E-state index contributed by atoms with van der Waals surface area (Å²) >= 11 is 0. The van der Waals surface area contributed by atoms with E-state index in [2.05, 4.69) is 10.1 Å². The number of carbonyl (C=O) groups is 2. The summed E-state index contributed by atoms with van der Waals surface area (Å²) in [6.07, 6.45) is -0.768. The number of benzene rings is 1. The first-order chi connectivity index (χ1) is 7.56. The minimum absolute atomic E-state index is 0.542. The van der Waals surface area contributed by atoms with Gasteiger partial charge in [0.2, 0.25) is 0 Å². The van der Waals surface area contributed by atoms with Crippen molar-refractivity contribution in [2.45, 2.75) is 13.0 Å². The molecule has 0 saturated carbocycles. The molecule has 0 heterocycles. The van der Waals surface area contributed by atoms with E-state index in [0.717, 1.165) is 5.56 Å². The normalized spacial score (nSPS) is 11.6. The topological polar surface area (TPSA) is 75.6 Å². The van der Waals surface area contributed by atoms with Crippen molar-refractivity contribution >= 4 is 12.1 Å². The van der Waals surface area contributed by atoms with Crippen LogP contribution in [0.15, 0.2) is 24.3 Å². The Labute approximate surface area is 93.0 Å². The molecule has 0 bridgehead atoms. The number of carboxylic acids is 1. The van der Waals surface area contributed by atoms with Gasteiger partial charge in [0.15, 0.2) is 6.04 Å². The van der Waals surface area contributed by atoms with E-state index < -0.39 is 18.1 Å². The number of hydrogen-bond acceptors (Lipinski definition) is 3. The zero-order valence-electron chi connectivity index (χ0n) is 9.06. The van der Waals surface area contributed by atoms with Crippen LogP contribution >= 0.6 is 0 Å². The molecule has 0 unspecified atom stereocenters. The number of methoxy groups -OCH3 is 1. The van der Waals surface area contributed by atoms with Gasteiger partial charge in [-0.05, 0) is 18.1 Å². The Morgan fingerprint density at radius 2 is 2.00 bits per heavy atom. The number of ether oxygens (including phenoxy) is 1. The van der Waals surface area contributed by atoms with Crippen LogP contribution < -0.4 is 5.32 Å². The number of aliphatic carboxylic acids is 1. The highest BCUT2D eigenvalue weighted by atomic mass is 16.5. The van der Waals surface area contributed by atoms with Gasteiger partial charge in [-0.25, -0.2) is 9.59 Å². The molecule has 5 heteroatoms. The number of hydrogen-bond donors (Lipinski definition) is 2. The summed E-state index contributed by atoms with van der Waals surface area (Å²) in [6, 6.07) is 5.87. The maximum atomic E-state index is 11.0. The average Bonchev–Trinajstić information content (AvgIpc) is 2.26. The smallest absolute Gasteiger partial charge is 0.407 e. The van der Waals surface area contributed by atoms with Crippen molar-refractivity contribution in [1.82, 2.24) is 5.32 Å². The molecular formula is C11H13NO4. The molecule has 1 rings (SSSR count). The van der Waals surface area contributed by atoms with E-state index in [1.165, 1.54) is 7.11 Å². The van der Waals surface area contributed by atoms with Crippen molar-refractivity contribution in [2.24, 2.45) is 0 Å². The van der Waals surface area contributed by atoms with Gasteiger partial charge >= 0.3 is 12.1 Å². The minimum Gasteiger partial charge on any atom is -0.479 e. The molecule has 0 radical (unpaired) electrons. The number of alkyl carbamates (subject to hydrolysis) is 1. The molecule has 1 atom stereocenters. The Balaban J connectivity index is 2.99. The second kappa shape index (κ2) is 5.16. The van der Waals surface area contributed by atoms with Gasteiger partial charge in [-0.3, -0.25) is 0 Å². The van der Waals surface area contributed by atoms with E-state index in [4.69, 9.17) is 5.11 Å². The molecule has 16 heavy (non-hydrogen) atoms. The summed E-state index contributed by atoms with van der Waals surface area (Å²) in [5.41, 5.74) is 1.34. The maximum absolute atomic E-state index is 11.0. The summed E-state index contributed by atoms with van der Waals surface area (Å²) in [4.78, 5) is 22.0. The molecular weight excluding hydrogens is 210 g/mol. The molecule has 0 aliphatic rings. The van der Waals surface area contributed by atoms with Crippen molar-refractivity contribution in [3.05, 3.63) is 35.4 Å². The van der Waals surface area contributed by atoms with Gasteiger partial charge in [-0.15, -0.1) is 0 Å². The largest absolute Gasteiger partial charge is 0.479 e. The molecule has 5 nitrogen and oxygen atoms in total. The lowest BCUT2D eigenvalue weighted by Gasteiger charge is -2.15. The van der Waals surface area contributed by atoms with Crippen LogP contribution in [0.3, 0.4) is 0 Å². The van der Waals surface area contributed by atoms with Gasteiger partial charge in [0, 0.05) is 0 Å². The number of rotatable bonds is 3. The van der Waals surface area contributed by atoms with Gasteiger partial charge in [-0.2, -0.15) is 0 Å². The standard InChI is InChI=1S/C11H13NO4/c1-7-5-3-4-6-8(7)9(10(13)14)12-11(15)16-2/h3-6,9H,1-2H3,(H,12,15)(H,13,14)/t9-/m1/s1. The highest BCUT2D eigenvalue weighted by Gasteiger charge is 2.23. The molecule has 0 aliphatic heterocycles. The highest BCUT2D eigenvalue weighted by molar-refractivity contribution is 5.81. The molecule has 1 aromatic rings. The molecule has 0 aromatic heterocycles. The monoisotopic (exact) mass is 223 g/mol. The average molecular weight is 223 g/mol. The lowest BCUT2D eigenvalue weighted by molar-refractivity contribution is -0.139. The molecule has 0 saturated heterocycles. The Hall–Kier alpha value is -2.04. The second-order valence-corrected chi connectivity index (χ2v) is 3.26. The summed E-state index contributed by atoms with van der Waals surface area (Å²) in [7, 11) is 1.19. The summed E-state index contributed by atoms with van der Waals surface area (Å²) in [5, 5.41) is 11.3. The quantitative estimate of drug-likeness (QED) is 0.813. The first-order valence-electron chi connectivity index (χ1n) is 4.69. The number of nitrogens with one attached hydrogen (secondary N) is 1. The zero-order chi connectivity index (χ0) is 12.1. The third-order valence-electron chi connectivity index (χ3n) is 2.19. The van der Waals surface area contributed by atoms with Crippen LogP contribution in [0.4, 0.5) is 4.79 Å². The number of amides is 1. The summed E-state index contributed by atoms with van der Waals surface area (Å²) in [5.74, 6) is -1.13. The van der Waals surface area contributed by atoms with Gasteiger partial charge in [0.05, 0.1) is 7.11 Å². The highest BCUT2D eigenvalue weighted by Crippen LogP contribution is 2.17. The van der Waals surface area contributed by atoms with Crippen LogP contribution in [0.2, 0.25) is 0 Å². The second-order valence-electron chi connectivity index (χ2n) is 3.26. The summed E-state index contributed by atoms with van der Waals surface area (Å²) in [6.45, 7) is 1.78. The van der Waals surface area contributed by atoms with Gasteiger partial charge in [0.1, 0.15) is 0 Å². The predicted octanol–water partition coefficient (Wildman–Crippen LogP) is 1.48. The number of aryl methyl sites for hydroxylation is 1. The van der Waals surface area contributed by atoms with Crippen molar-refractivity contribution in [1.29, 1.82) is 0 Å². The van der Waals surface area contributed by atoms with E-state index in [0.29, 0.717) is 5.56 Å². The zero-order valence-corrected chi connectivity index (χ0v) is 9.06. The van der Waals surface area contributed by atoms with Crippen molar-refractivity contribution < 1.29 is 19.4 Å². The first-order valence-corrected chi connectivity index (χ1v) is 4.69. The fourth-order valence-corrected chi connectivity index (χ4v) is 1.36. The van der Waals surface area contributed by atoms with Crippen LogP contribution in [0, 0.1) is 6.92 Å². The van der Waals surface area contributed by atoms with Gasteiger partial charge in [0.25, 0.3) is 0 Å². The lowest BCUT2D eigenvalue weighted by atomic mass is 10.0. The van der Waals surface area contributed by atoms with Gasteiger partial charge < -0.3 is 15.2 Å². The minimum atomic E-state index is -1.13.